The Hall–Kier alpha value is -1.27. The van der Waals surface area contributed by atoms with Gasteiger partial charge in [0.15, 0.2) is 6.61 Å². The number of benzene rings is 1. The number of nitrogens with zero attached hydrogens (tertiary/aromatic N) is 1. The second kappa shape index (κ2) is 5.58. The van der Waals surface area contributed by atoms with E-state index in [-0.39, 0.29) is 19.8 Å². The third kappa shape index (κ3) is 2.94. The Morgan fingerprint density at radius 3 is 2.94 bits per heavy atom. The van der Waals surface area contributed by atoms with Crippen molar-refractivity contribution in [1.82, 2.24) is 4.90 Å². The molecular formula is C11H9BrClNO4. The molecule has 0 spiro atoms. The Bertz CT molecular complexity index is 494. The van der Waals surface area contributed by atoms with Crippen LogP contribution >= 0.6 is 27.5 Å². The molecule has 0 saturated carbocycles. The van der Waals surface area contributed by atoms with Gasteiger partial charge in [0, 0.05) is 4.47 Å². The van der Waals surface area contributed by atoms with Gasteiger partial charge in [-0.1, -0.05) is 27.5 Å². The highest BCUT2D eigenvalue weighted by molar-refractivity contribution is 9.10. The van der Waals surface area contributed by atoms with Crippen molar-refractivity contribution in [2.75, 3.05) is 19.8 Å². The maximum absolute atomic E-state index is 11.7. The molecule has 7 heteroatoms. The molecule has 2 amide bonds. The van der Waals surface area contributed by atoms with Gasteiger partial charge >= 0.3 is 6.09 Å². The minimum absolute atomic E-state index is 0.226. The SMILES string of the molecule is O=C(COc1ccc(Br)cc1Cl)N1CCOC1=O. The number of ether oxygens (including phenoxy) is 2. The Kier molecular flexibility index (Phi) is 4.08. The number of rotatable bonds is 3. The molecule has 0 aliphatic carbocycles. The second-order valence-electron chi connectivity index (χ2n) is 3.52. The van der Waals surface area contributed by atoms with Gasteiger partial charge in [-0.3, -0.25) is 4.79 Å². The normalized spacial score (nSPS) is 14.6. The fraction of sp³-hybridized carbons (Fsp3) is 0.273. The van der Waals surface area contributed by atoms with E-state index < -0.39 is 12.0 Å². The fourth-order valence-electron chi connectivity index (χ4n) is 1.43. The predicted molar refractivity (Wildman–Crippen MR) is 67.7 cm³/mol. The van der Waals surface area contributed by atoms with Crippen LogP contribution in [0.25, 0.3) is 0 Å². The van der Waals surface area contributed by atoms with Gasteiger partial charge in [-0.05, 0) is 18.2 Å². The third-order valence-corrected chi connectivity index (χ3v) is 3.10. The summed E-state index contributed by atoms with van der Waals surface area (Å²) in [5.74, 6) is -0.0581. The summed E-state index contributed by atoms with van der Waals surface area (Å²) in [6.07, 6.45) is -0.634. The lowest BCUT2D eigenvalue weighted by Gasteiger charge is -2.12. The first-order valence-corrected chi connectivity index (χ1v) is 6.30. The zero-order chi connectivity index (χ0) is 13.1. The first kappa shape index (κ1) is 13.2. The van der Waals surface area contributed by atoms with Crippen molar-refractivity contribution >= 4 is 39.5 Å². The largest absolute Gasteiger partial charge is 0.482 e. The summed E-state index contributed by atoms with van der Waals surface area (Å²) in [6.45, 7) is 0.231. The number of imide groups is 1. The van der Waals surface area contributed by atoms with Crippen LogP contribution in [-0.4, -0.2) is 36.7 Å². The van der Waals surface area contributed by atoms with E-state index in [2.05, 4.69) is 20.7 Å². The first-order valence-electron chi connectivity index (χ1n) is 5.13. The molecule has 0 N–H and O–H groups in total. The highest BCUT2D eigenvalue weighted by atomic mass is 79.9. The van der Waals surface area contributed by atoms with E-state index in [1.165, 1.54) is 0 Å². The van der Waals surface area contributed by atoms with Crippen molar-refractivity contribution in [3.63, 3.8) is 0 Å². The average Bonchev–Trinajstić information content (AvgIpc) is 2.74. The minimum atomic E-state index is -0.634. The summed E-state index contributed by atoms with van der Waals surface area (Å²) in [5.41, 5.74) is 0. The molecule has 1 aliphatic rings. The van der Waals surface area contributed by atoms with Crippen LogP contribution in [0.2, 0.25) is 5.02 Å². The molecule has 1 aliphatic heterocycles. The molecule has 96 valence electrons. The molecule has 0 atom stereocenters. The van der Waals surface area contributed by atoms with Crippen LogP contribution in [0.5, 0.6) is 5.75 Å². The Labute approximate surface area is 117 Å². The minimum Gasteiger partial charge on any atom is -0.482 e. The summed E-state index contributed by atoms with van der Waals surface area (Å²) in [4.78, 5) is 23.8. The van der Waals surface area contributed by atoms with Crippen LogP contribution in [0.4, 0.5) is 4.79 Å². The summed E-state index contributed by atoms with van der Waals surface area (Å²) >= 11 is 9.19. The molecule has 1 aromatic carbocycles. The van der Waals surface area contributed by atoms with Crippen LogP contribution in [0, 0.1) is 0 Å². The van der Waals surface area contributed by atoms with Crippen molar-refractivity contribution in [2.24, 2.45) is 0 Å². The van der Waals surface area contributed by atoms with E-state index in [1.54, 1.807) is 18.2 Å². The van der Waals surface area contributed by atoms with E-state index in [0.717, 1.165) is 9.37 Å². The maximum Gasteiger partial charge on any atom is 0.416 e. The first-order chi connectivity index (χ1) is 8.58. The van der Waals surface area contributed by atoms with Crippen LogP contribution in [0.15, 0.2) is 22.7 Å². The van der Waals surface area contributed by atoms with Crippen molar-refractivity contribution in [1.29, 1.82) is 0 Å². The van der Waals surface area contributed by atoms with Crippen LogP contribution in [-0.2, 0) is 9.53 Å². The van der Waals surface area contributed by atoms with Crippen molar-refractivity contribution < 1.29 is 19.1 Å². The molecule has 0 bridgehead atoms. The number of hydrogen-bond donors (Lipinski definition) is 0. The van der Waals surface area contributed by atoms with E-state index in [9.17, 15) is 9.59 Å². The van der Waals surface area contributed by atoms with Gasteiger partial charge in [-0.25, -0.2) is 9.69 Å². The predicted octanol–water partition coefficient (Wildman–Crippen LogP) is 2.46. The Morgan fingerprint density at radius 2 is 2.33 bits per heavy atom. The summed E-state index contributed by atoms with van der Waals surface area (Å²) in [6, 6.07) is 5.04. The molecule has 5 nitrogen and oxygen atoms in total. The van der Waals surface area contributed by atoms with Gasteiger partial charge in [-0.15, -0.1) is 0 Å². The molecule has 1 fully saturated rings. The average molecular weight is 335 g/mol. The van der Waals surface area contributed by atoms with Gasteiger partial charge in [0.05, 0.1) is 11.6 Å². The highest BCUT2D eigenvalue weighted by Crippen LogP contribution is 2.27. The summed E-state index contributed by atoms with van der Waals surface area (Å²) in [5, 5.41) is 0.390. The van der Waals surface area contributed by atoms with Gasteiger partial charge in [-0.2, -0.15) is 0 Å². The van der Waals surface area contributed by atoms with Gasteiger partial charge in [0.2, 0.25) is 0 Å². The summed E-state index contributed by atoms with van der Waals surface area (Å²) < 4.78 is 10.7. The lowest BCUT2D eigenvalue weighted by atomic mass is 10.3. The number of hydrogen-bond acceptors (Lipinski definition) is 4. The van der Waals surface area contributed by atoms with Crippen molar-refractivity contribution in [2.45, 2.75) is 0 Å². The van der Waals surface area contributed by atoms with Crippen molar-refractivity contribution in [3.05, 3.63) is 27.7 Å². The number of amides is 2. The molecule has 1 saturated heterocycles. The number of cyclic esters (lactones) is 1. The van der Waals surface area contributed by atoms with Gasteiger partial charge in [0.1, 0.15) is 12.4 Å². The Morgan fingerprint density at radius 1 is 1.56 bits per heavy atom. The molecule has 0 radical (unpaired) electrons. The smallest absolute Gasteiger partial charge is 0.416 e. The van der Waals surface area contributed by atoms with Crippen LogP contribution < -0.4 is 4.74 Å². The Balaban J connectivity index is 1.95. The van der Waals surface area contributed by atoms with E-state index in [4.69, 9.17) is 16.3 Å². The number of carbonyl (C=O) groups is 2. The summed E-state index contributed by atoms with van der Waals surface area (Å²) in [7, 11) is 0. The standard InChI is InChI=1S/C11H9BrClNO4/c12-7-1-2-9(8(13)5-7)18-6-10(15)14-3-4-17-11(14)16/h1-2,5H,3-4,6H2. The van der Waals surface area contributed by atoms with E-state index >= 15 is 0 Å². The maximum atomic E-state index is 11.7. The van der Waals surface area contributed by atoms with Crippen LogP contribution in [0.1, 0.15) is 0 Å². The molecule has 1 aromatic rings. The lowest BCUT2D eigenvalue weighted by Crippen LogP contribution is -2.35. The monoisotopic (exact) mass is 333 g/mol. The van der Waals surface area contributed by atoms with E-state index in [0.29, 0.717) is 10.8 Å². The fourth-order valence-corrected chi connectivity index (χ4v) is 2.16. The van der Waals surface area contributed by atoms with Gasteiger partial charge in [0.25, 0.3) is 5.91 Å². The zero-order valence-electron chi connectivity index (χ0n) is 9.19. The quantitative estimate of drug-likeness (QED) is 0.852. The molecule has 0 unspecified atom stereocenters. The van der Waals surface area contributed by atoms with E-state index in [1.807, 2.05) is 0 Å². The number of carbonyl (C=O) groups excluding carboxylic acids is 2. The topological polar surface area (TPSA) is 55.8 Å². The highest BCUT2D eigenvalue weighted by Gasteiger charge is 2.28. The molecule has 18 heavy (non-hydrogen) atoms. The van der Waals surface area contributed by atoms with Crippen LogP contribution in [0.3, 0.4) is 0 Å². The molecular weight excluding hydrogens is 325 g/mol. The number of halogens is 2. The zero-order valence-corrected chi connectivity index (χ0v) is 11.5. The second-order valence-corrected chi connectivity index (χ2v) is 4.85. The van der Waals surface area contributed by atoms with Crippen molar-refractivity contribution in [3.8, 4) is 5.75 Å². The molecule has 0 aromatic heterocycles. The molecule has 2 rings (SSSR count). The third-order valence-electron chi connectivity index (χ3n) is 2.31. The lowest BCUT2D eigenvalue weighted by molar-refractivity contribution is -0.129. The van der Waals surface area contributed by atoms with Gasteiger partial charge < -0.3 is 9.47 Å². The molecule has 1 heterocycles.